The third-order valence-corrected chi connectivity index (χ3v) is 4.73. The van der Waals surface area contributed by atoms with Gasteiger partial charge in [0.1, 0.15) is 0 Å². The predicted octanol–water partition coefficient (Wildman–Crippen LogP) is 4.98. The van der Waals surface area contributed by atoms with Gasteiger partial charge >= 0.3 is 0 Å². The number of nitrogens with zero attached hydrogens (tertiary/aromatic N) is 2. The number of anilines is 1. The summed E-state index contributed by atoms with van der Waals surface area (Å²) in [6.45, 7) is 9.32. The van der Waals surface area contributed by atoms with E-state index >= 15 is 0 Å². The van der Waals surface area contributed by atoms with E-state index in [0.29, 0.717) is 24.3 Å². The number of thiazole rings is 1. The van der Waals surface area contributed by atoms with Crippen molar-refractivity contribution in [3.8, 4) is 0 Å². The average Bonchev–Trinajstić information content (AvgIpc) is 2.96. The van der Waals surface area contributed by atoms with Crippen molar-refractivity contribution in [3.63, 3.8) is 0 Å². The van der Waals surface area contributed by atoms with Crippen LogP contribution in [0.1, 0.15) is 55.8 Å². The largest absolute Gasteiger partial charge is 0.370 e. The van der Waals surface area contributed by atoms with Gasteiger partial charge in [-0.15, -0.1) is 35.3 Å². The maximum Gasteiger partial charge on any atom is 0.193 e. The molecule has 1 aromatic heterocycles. The smallest absolute Gasteiger partial charge is 0.193 e. The fraction of sp³-hybridized carbons (Fsp3) is 0.444. The van der Waals surface area contributed by atoms with Crippen LogP contribution in [0.4, 0.5) is 5.69 Å². The SMILES string of the molecule is CC(C)c1cccc(NC(N)=NCCc2csc(C(C)C)n2)c1.I. The maximum atomic E-state index is 5.97. The molecule has 0 fully saturated rings. The van der Waals surface area contributed by atoms with Crippen molar-refractivity contribution in [3.05, 3.63) is 45.9 Å². The van der Waals surface area contributed by atoms with Gasteiger partial charge in [0.25, 0.3) is 0 Å². The Morgan fingerprint density at radius 2 is 2.00 bits per heavy atom. The Bertz CT molecular complexity index is 665. The molecule has 0 aliphatic rings. The number of hydrogen-bond donors (Lipinski definition) is 2. The van der Waals surface area contributed by atoms with Crippen LogP contribution in [0.15, 0.2) is 34.6 Å². The highest BCUT2D eigenvalue weighted by Gasteiger charge is 2.05. The van der Waals surface area contributed by atoms with Crippen LogP contribution in [-0.2, 0) is 6.42 Å². The monoisotopic (exact) mass is 458 g/mol. The Kier molecular flexibility index (Phi) is 8.69. The minimum atomic E-state index is 0. The third-order valence-electron chi connectivity index (χ3n) is 3.54. The van der Waals surface area contributed by atoms with Gasteiger partial charge in [-0.3, -0.25) is 4.99 Å². The molecule has 0 amide bonds. The van der Waals surface area contributed by atoms with Gasteiger partial charge in [-0.2, -0.15) is 0 Å². The zero-order valence-corrected chi connectivity index (χ0v) is 17.9. The van der Waals surface area contributed by atoms with Crippen LogP contribution >= 0.6 is 35.3 Å². The second-order valence-corrected chi connectivity index (χ2v) is 7.14. The molecule has 2 aromatic rings. The number of nitrogens with two attached hydrogens (primary N) is 1. The number of benzene rings is 1. The van der Waals surface area contributed by atoms with E-state index in [4.69, 9.17) is 5.73 Å². The highest BCUT2D eigenvalue weighted by molar-refractivity contribution is 14.0. The van der Waals surface area contributed by atoms with Gasteiger partial charge in [0.2, 0.25) is 0 Å². The summed E-state index contributed by atoms with van der Waals surface area (Å²) in [5.41, 5.74) is 9.33. The Hall–Kier alpha value is -1.15. The van der Waals surface area contributed by atoms with Crippen molar-refractivity contribution in [2.75, 3.05) is 11.9 Å². The van der Waals surface area contributed by atoms with E-state index in [1.165, 1.54) is 10.6 Å². The lowest BCUT2D eigenvalue weighted by Gasteiger charge is -2.09. The van der Waals surface area contributed by atoms with Gasteiger partial charge in [-0.05, 0) is 23.6 Å². The summed E-state index contributed by atoms with van der Waals surface area (Å²) in [4.78, 5) is 9.00. The topological polar surface area (TPSA) is 63.3 Å². The summed E-state index contributed by atoms with van der Waals surface area (Å²) in [5, 5.41) is 6.45. The molecular formula is C18H27IN4S. The fourth-order valence-electron chi connectivity index (χ4n) is 2.16. The third kappa shape index (κ3) is 6.39. The molecule has 0 aliphatic heterocycles. The molecule has 0 bridgehead atoms. The minimum Gasteiger partial charge on any atom is -0.370 e. The summed E-state index contributed by atoms with van der Waals surface area (Å²) < 4.78 is 0. The predicted molar refractivity (Wildman–Crippen MR) is 116 cm³/mol. The minimum absolute atomic E-state index is 0. The molecule has 2 rings (SSSR count). The molecule has 4 nitrogen and oxygen atoms in total. The first-order chi connectivity index (χ1) is 11.0. The van der Waals surface area contributed by atoms with E-state index in [9.17, 15) is 0 Å². The van der Waals surface area contributed by atoms with Crippen molar-refractivity contribution in [2.24, 2.45) is 10.7 Å². The highest BCUT2D eigenvalue weighted by Crippen LogP contribution is 2.20. The molecule has 24 heavy (non-hydrogen) atoms. The fourth-order valence-corrected chi connectivity index (χ4v) is 3.03. The molecule has 0 saturated heterocycles. The normalized spacial score (nSPS) is 11.7. The standard InChI is InChI=1S/C18H26N4S.HI/c1-12(2)14-6-5-7-15(10-14)22-18(19)20-9-8-16-11-23-17(21-16)13(3)4;/h5-7,10-13H,8-9H2,1-4H3,(H3,19,20,22);1H. The van der Waals surface area contributed by atoms with Gasteiger partial charge in [-0.1, -0.05) is 39.8 Å². The summed E-state index contributed by atoms with van der Waals surface area (Å²) in [6.07, 6.45) is 0.817. The van der Waals surface area contributed by atoms with Crippen LogP contribution in [0.25, 0.3) is 0 Å². The van der Waals surface area contributed by atoms with Gasteiger partial charge in [-0.25, -0.2) is 4.98 Å². The van der Waals surface area contributed by atoms with Crippen molar-refractivity contribution in [1.29, 1.82) is 0 Å². The number of guanidine groups is 1. The molecule has 0 atom stereocenters. The molecule has 0 radical (unpaired) electrons. The van der Waals surface area contributed by atoms with E-state index in [1.807, 2.05) is 12.1 Å². The van der Waals surface area contributed by atoms with Crippen LogP contribution in [0, 0.1) is 0 Å². The first-order valence-electron chi connectivity index (χ1n) is 8.07. The van der Waals surface area contributed by atoms with Gasteiger partial charge in [0.15, 0.2) is 5.96 Å². The lowest BCUT2D eigenvalue weighted by atomic mass is 10.0. The first-order valence-corrected chi connectivity index (χ1v) is 8.95. The number of aliphatic imine (C=N–C) groups is 1. The van der Waals surface area contributed by atoms with E-state index < -0.39 is 0 Å². The van der Waals surface area contributed by atoms with Gasteiger partial charge in [0.05, 0.1) is 10.7 Å². The summed E-state index contributed by atoms with van der Waals surface area (Å²) >= 11 is 1.72. The van der Waals surface area contributed by atoms with Crippen LogP contribution in [0.3, 0.4) is 0 Å². The van der Waals surface area contributed by atoms with Crippen molar-refractivity contribution in [2.45, 2.75) is 46.0 Å². The lowest BCUT2D eigenvalue weighted by Crippen LogP contribution is -2.23. The Morgan fingerprint density at radius 1 is 1.25 bits per heavy atom. The Morgan fingerprint density at radius 3 is 2.62 bits per heavy atom. The van der Waals surface area contributed by atoms with Crippen molar-refractivity contribution in [1.82, 2.24) is 4.98 Å². The zero-order chi connectivity index (χ0) is 16.8. The van der Waals surface area contributed by atoms with E-state index in [0.717, 1.165) is 17.8 Å². The highest BCUT2D eigenvalue weighted by atomic mass is 127. The molecule has 0 aliphatic carbocycles. The van der Waals surface area contributed by atoms with Crippen LogP contribution < -0.4 is 11.1 Å². The van der Waals surface area contributed by atoms with Crippen LogP contribution in [0.5, 0.6) is 0 Å². The number of hydrogen-bond acceptors (Lipinski definition) is 3. The molecule has 0 saturated carbocycles. The maximum absolute atomic E-state index is 5.97. The van der Waals surface area contributed by atoms with Crippen LogP contribution in [-0.4, -0.2) is 17.5 Å². The molecule has 0 spiro atoms. The first kappa shape index (κ1) is 20.9. The van der Waals surface area contributed by atoms with Crippen LogP contribution in [0.2, 0.25) is 0 Å². The lowest BCUT2D eigenvalue weighted by molar-refractivity contribution is 0.831. The second-order valence-electron chi connectivity index (χ2n) is 6.25. The molecule has 0 unspecified atom stereocenters. The molecule has 3 N–H and O–H groups in total. The molecule has 1 heterocycles. The molecule has 1 aromatic carbocycles. The van der Waals surface area contributed by atoms with Gasteiger partial charge in [0, 0.05) is 30.0 Å². The number of rotatable bonds is 6. The average molecular weight is 458 g/mol. The number of halogens is 1. The number of nitrogens with one attached hydrogen (secondary N) is 1. The number of aromatic nitrogens is 1. The van der Waals surface area contributed by atoms with Crippen molar-refractivity contribution < 1.29 is 0 Å². The molecular weight excluding hydrogens is 431 g/mol. The Labute approximate surface area is 166 Å². The summed E-state index contributed by atoms with van der Waals surface area (Å²) in [5.74, 6) is 1.43. The second kappa shape index (κ2) is 9.98. The molecule has 132 valence electrons. The molecule has 6 heteroatoms. The van der Waals surface area contributed by atoms with Gasteiger partial charge < -0.3 is 11.1 Å². The summed E-state index contributed by atoms with van der Waals surface area (Å²) in [7, 11) is 0. The summed E-state index contributed by atoms with van der Waals surface area (Å²) in [6, 6.07) is 8.28. The van der Waals surface area contributed by atoms with E-state index in [-0.39, 0.29) is 24.0 Å². The Balaban J connectivity index is 0.00000288. The van der Waals surface area contributed by atoms with E-state index in [1.54, 1.807) is 11.3 Å². The zero-order valence-electron chi connectivity index (χ0n) is 14.7. The van der Waals surface area contributed by atoms with Crippen molar-refractivity contribution >= 4 is 47.0 Å². The quantitative estimate of drug-likeness (QED) is 0.365. The van der Waals surface area contributed by atoms with E-state index in [2.05, 4.69) is 60.5 Å².